The molecule has 1 aliphatic rings. The largest absolute Gasteiger partial charge is 0.497 e. The number of aromatic nitrogens is 1. The number of benzene rings is 3. The molecule has 0 radical (unpaired) electrons. The van der Waals surface area contributed by atoms with Crippen LogP contribution in [0.25, 0.3) is 32.9 Å². The van der Waals surface area contributed by atoms with Crippen molar-refractivity contribution in [3.63, 3.8) is 0 Å². The lowest BCUT2D eigenvalue weighted by atomic mass is 9.98. The fourth-order valence-corrected chi connectivity index (χ4v) is 5.12. The number of carbonyl (C=O) groups excluding carboxylic acids is 3. The molecule has 1 aromatic heterocycles. The highest BCUT2D eigenvalue weighted by Crippen LogP contribution is 2.34. The second-order valence-corrected chi connectivity index (χ2v) is 11.0. The Labute approximate surface area is 232 Å². The topological polar surface area (TPSA) is 118 Å². The maximum Gasteiger partial charge on any atom is 0.410 e. The van der Waals surface area contributed by atoms with Crippen LogP contribution in [0.4, 0.5) is 4.79 Å². The minimum atomic E-state index is -0.572. The predicted molar refractivity (Wildman–Crippen MR) is 155 cm³/mol. The number of rotatable bonds is 4. The molecule has 0 bridgehead atoms. The molecule has 208 valence electrons. The van der Waals surface area contributed by atoms with Crippen molar-refractivity contribution in [2.75, 3.05) is 33.3 Å². The molecule has 3 N–H and O–H groups in total. The number of nitrogens with two attached hydrogens (primary N) is 1. The zero-order chi connectivity index (χ0) is 28.6. The van der Waals surface area contributed by atoms with Crippen molar-refractivity contribution in [2.24, 2.45) is 5.73 Å². The molecule has 9 nitrogen and oxygen atoms in total. The Bertz CT molecular complexity index is 1620. The van der Waals surface area contributed by atoms with Crippen LogP contribution >= 0.6 is 0 Å². The van der Waals surface area contributed by atoms with E-state index >= 15 is 0 Å². The zero-order valence-electron chi connectivity index (χ0n) is 23.2. The highest BCUT2D eigenvalue weighted by atomic mass is 16.6. The summed E-state index contributed by atoms with van der Waals surface area (Å²) in [7, 11) is 1.61. The molecule has 1 aliphatic heterocycles. The van der Waals surface area contributed by atoms with Gasteiger partial charge in [0.2, 0.25) is 0 Å². The number of hydrogen-bond donors (Lipinski definition) is 2. The summed E-state index contributed by atoms with van der Waals surface area (Å²) in [6.07, 6.45) is 0.300. The number of methoxy groups -OCH3 is 1. The van der Waals surface area contributed by atoms with E-state index in [1.54, 1.807) is 29.0 Å². The molecule has 40 heavy (non-hydrogen) atoms. The lowest BCUT2D eigenvalue weighted by Crippen LogP contribution is -2.40. The van der Waals surface area contributed by atoms with E-state index in [1.165, 1.54) is 0 Å². The van der Waals surface area contributed by atoms with E-state index in [0.29, 0.717) is 55.0 Å². The number of H-pyrrole nitrogens is 1. The van der Waals surface area contributed by atoms with Crippen LogP contribution in [0, 0.1) is 0 Å². The predicted octanol–water partition coefficient (Wildman–Crippen LogP) is 5.18. The van der Waals surface area contributed by atoms with Crippen LogP contribution in [0.5, 0.6) is 5.75 Å². The molecule has 0 unspecified atom stereocenters. The van der Waals surface area contributed by atoms with Crippen molar-refractivity contribution in [3.8, 4) is 16.9 Å². The molecule has 3 aromatic carbocycles. The molecule has 0 saturated carbocycles. The molecule has 2 heterocycles. The third kappa shape index (κ3) is 5.45. The van der Waals surface area contributed by atoms with Gasteiger partial charge in [0.1, 0.15) is 11.4 Å². The van der Waals surface area contributed by atoms with E-state index in [1.807, 2.05) is 63.2 Å². The molecule has 9 heteroatoms. The Morgan fingerprint density at radius 1 is 0.875 bits per heavy atom. The van der Waals surface area contributed by atoms with Gasteiger partial charge in [-0.15, -0.1) is 0 Å². The van der Waals surface area contributed by atoms with Crippen molar-refractivity contribution < 1.29 is 23.9 Å². The maximum absolute atomic E-state index is 13.5. The summed E-state index contributed by atoms with van der Waals surface area (Å²) in [4.78, 5) is 45.2. The van der Waals surface area contributed by atoms with Crippen LogP contribution < -0.4 is 10.5 Å². The number of nitrogens with zero attached hydrogens (tertiary/aromatic N) is 2. The lowest BCUT2D eigenvalue weighted by molar-refractivity contribution is 0.0255. The van der Waals surface area contributed by atoms with Gasteiger partial charge in [-0.2, -0.15) is 0 Å². The average molecular weight is 543 g/mol. The third-order valence-electron chi connectivity index (χ3n) is 7.06. The standard InChI is InChI=1S/C31H34N4O5/c1-31(2,3)40-30(38)35-12-6-11-34(13-14-35)29(37)20-9-10-23-24-16-21(19-7-5-8-22(15-19)39-4)17-25(28(32)36)27(24)33-26(23)18-20/h5,7-10,15-18,33H,6,11-14H2,1-4H3,(H2,32,36). The minimum Gasteiger partial charge on any atom is -0.497 e. The fourth-order valence-electron chi connectivity index (χ4n) is 5.12. The van der Waals surface area contributed by atoms with Crippen LogP contribution in [0.15, 0.2) is 54.6 Å². The fraction of sp³-hybridized carbons (Fsp3) is 0.323. The number of aromatic amines is 1. The molecule has 3 amide bonds. The smallest absolute Gasteiger partial charge is 0.410 e. The van der Waals surface area contributed by atoms with Gasteiger partial charge in [-0.1, -0.05) is 18.2 Å². The Kier molecular flexibility index (Phi) is 7.14. The van der Waals surface area contributed by atoms with E-state index in [0.717, 1.165) is 27.4 Å². The first-order valence-corrected chi connectivity index (χ1v) is 13.3. The number of ether oxygens (including phenoxy) is 2. The monoisotopic (exact) mass is 542 g/mol. The Morgan fingerprint density at radius 3 is 2.35 bits per heavy atom. The molecule has 1 saturated heterocycles. The van der Waals surface area contributed by atoms with Gasteiger partial charge in [0.25, 0.3) is 11.8 Å². The Morgan fingerprint density at radius 2 is 1.62 bits per heavy atom. The Hall–Kier alpha value is -4.53. The molecular weight excluding hydrogens is 508 g/mol. The quantitative estimate of drug-likeness (QED) is 0.369. The first-order valence-electron chi connectivity index (χ1n) is 13.3. The number of hydrogen-bond acceptors (Lipinski definition) is 5. The summed E-state index contributed by atoms with van der Waals surface area (Å²) in [5.41, 5.74) is 9.19. The van der Waals surface area contributed by atoms with E-state index < -0.39 is 11.5 Å². The number of primary amides is 1. The summed E-state index contributed by atoms with van der Waals surface area (Å²) in [6, 6.07) is 16.9. The SMILES string of the molecule is COc1cccc(-c2cc(C(N)=O)c3[nH]c4cc(C(=O)N5CCCN(C(=O)OC(C)(C)C)CC5)ccc4c3c2)c1. The number of nitrogens with one attached hydrogen (secondary N) is 1. The van der Waals surface area contributed by atoms with Gasteiger partial charge in [-0.3, -0.25) is 9.59 Å². The molecule has 4 aromatic rings. The van der Waals surface area contributed by atoms with Gasteiger partial charge in [-0.25, -0.2) is 4.79 Å². The van der Waals surface area contributed by atoms with E-state index in [-0.39, 0.29) is 12.0 Å². The first kappa shape index (κ1) is 27.1. The van der Waals surface area contributed by atoms with Crippen molar-refractivity contribution >= 4 is 39.7 Å². The van der Waals surface area contributed by atoms with Crippen LogP contribution in [-0.2, 0) is 4.74 Å². The molecule has 5 rings (SSSR count). The lowest BCUT2D eigenvalue weighted by Gasteiger charge is -2.26. The molecule has 0 aliphatic carbocycles. The van der Waals surface area contributed by atoms with Gasteiger partial charge in [-0.05, 0) is 74.7 Å². The van der Waals surface area contributed by atoms with E-state index in [4.69, 9.17) is 15.2 Å². The number of fused-ring (bicyclic) bond motifs is 3. The van der Waals surface area contributed by atoms with E-state index in [9.17, 15) is 14.4 Å². The molecule has 0 atom stereocenters. The van der Waals surface area contributed by atoms with Crippen LogP contribution in [-0.4, -0.2) is 71.6 Å². The third-order valence-corrected chi connectivity index (χ3v) is 7.06. The minimum absolute atomic E-state index is 0.112. The maximum atomic E-state index is 13.5. The van der Waals surface area contributed by atoms with Gasteiger partial charge >= 0.3 is 6.09 Å². The van der Waals surface area contributed by atoms with Gasteiger partial charge in [0, 0.05) is 48.0 Å². The molecular formula is C31H34N4O5. The van der Waals surface area contributed by atoms with Gasteiger partial charge < -0.3 is 30.0 Å². The average Bonchev–Trinajstić information content (AvgIpc) is 3.10. The number of carbonyl (C=O) groups is 3. The second-order valence-electron chi connectivity index (χ2n) is 11.0. The number of amides is 3. The zero-order valence-corrected chi connectivity index (χ0v) is 23.2. The van der Waals surface area contributed by atoms with Crippen molar-refractivity contribution in [2.45, 2.75) is 32.8 Å². The van der Waals surface area contributed by atoms with Gasteiger partial charge in [0.05, 0.1) is 18.2 Å². The summed E-state index contributed by atoms with van der Waals surface area (Å²) >= 11 is 0. The molecule has 0 spiro atoms. The second kappa shape index (κ2) is 10.6. The summed E-state index contributed by atoms with van der Waals surface area (Å²) < 4.78 is 10.9. The summed E-state index contributed by atoms with van der Waals surface area (Å²) in [5, 5.41) is 1.72. The van der Waals surface area contributed by atoms with Crippen molar-refractivity contribution in [1.29, 1.82) is 0 Å². The van der Waals surface area contributed by atoms with Crippen LogP contribution in [0.2, 0.25) is 0 Å². The van der Waals surface area contributed by atoms with Crippen molar-refractivity contribution in [1.82, 2.24) is 14.8 Å². The summed E-state index contributed by atoms with van der Waals surface area (Å²) in [5.74, 6) is 0.0542. The normalized spacial score (nSPS) is 14.3. The van der Waals surface area contributed by atoms with Crippen LogP contribution in [0.1, 0.15) is 47.9 Å². The highest BCUT2D eigenvalue weighted by Gasteiger charge is 2.27. The van der Waals surface area contributed by atoms with E-state index in [2.05, 4.69) is 4.98 Å². The first-order chi connectivity index (χ1) is 19.0. The summed E-state index contributed by atoms with van der Waals surface area (Å²) in [6.45, 7) is 7.41. The van der Waals surface area contributed by atoms with Crippen molar-refractivity contribution in [3.05, 3.63) is 65.7 Å². The Balaban J connectivity index is 1.45. The van der Waals surface area contributed by atoms with Gasteiger partial charge in [0.15, 0.2) is 0 Å². The molecule has 1 fully saturated rings. The highest BCUT2D eigenvalue weighted by molar-refractivity contribution is 6.17. The van der Waals surface area contributed by atoms with Crippen LogP contribution in [0.3, 0.4) is 0 Å².